The second-order valence-electron chi connectivity index (χ2n) is 2.85. The fraction of sp³-hybridized carbons (Fsp3) is 0.125. The monoisotopic (exact) mass is 296 g/mol. The molecule has 0 atom stereocenters. The van der Waals surface area contributed by atoms with Gasteiger partial charge in [0.25, 0.3) is 0 Å². The zero-order valence-electron chi connectivity index (χ0n) is 7.10. The highest BCUT2D eigenvalue weighted by Gasteiger charge is 2.34. The average Bonchev–Trinajstić information content (AvgIpc) is 2.41. The van der Waals surface area contributed by atoms with Gasteiger partial charge in [0.2, 0.25) is 0 Å². The second kappa shape index (κ2) is 3.34. The van der Waals surface area contributed by atoms with E-state index in [0.717, 1.165) is 17.4 Å². The molecule has 2 N–H and O–H groups in total. The lowest BCUT2D eigenvalue weighted by Gasteiger charge is -2.07. The fourth-order valence-electron chi connectivity index (χ4n) is 1.23. The molecule has 0 aliphatic carbocycles. The van der Waals surface area contributed by atoms with Gasteiger partial charge in [0.1, 0.15) is 0 Å². The van der Waals surface area contributed by atoms with Crippen LogP contribution in [0.1, 0.15) is 5.56 Å². The van der Waals surface area contributed by atoms with Gasteiger partial charge in [-0.15, -0.1) is 0 Å². The first-order valence-electron chi connectivity index (χ1n) is 3.80. The molecule has 0 saturated carbocycles. The molecule has 0 fully saturated rings. The minimum absolute atomic E-state index is 0.0896. The van der Waals surface area contributed by atoms with Crippen LogP contribution in [0.4, 0.5) is 18.3 Å². The Labute approximate surface area is 95.0 Å². The molecule has 7 heteroatoms. The summed E-state index contributed by atoms with van der Waals surface area (Å²) in [5.41, 5.74) is 4.52. The van der Waals surface area contributed by atoms with Gasteiger partial charge in [-0.25, -0.2) is 4.98 Å². The number of hydrogen-bond donors (Lipinski definition) is 1. The SMILES string of the molecule is Nc1nc2c(C(F)(F)F)cc(Br)cc2s1. The average molecular weight is 297 g/mol. The molecule has 0 saturated heterocycles. The van der Waals surface area contributed by atoms with Gasteiger partial charge in [-0.1, -0.05) is 27.3 Å². The summed E-state index contributed by atoms with van der Waals surface area (Å²) < 4.78 is 38.6. The summed E-state index contributed by atoms with van der Waals surface area (Å²) in [6, 6.07) is 2.57. The van der Waals surface area contributed by atoms with Crippen molar-refractivity contribution >= 4 is 42.6 Å². The van der Waals surface area contributed by atoms with Crippen LogP contribution >= 0.6 is 27.3 Å². The van der Waals surface area contributed by atoms with E-state index in [2.05, 4.69) is 20.9 Å². The smallest absolute Gasteiger partial charge is 0.375 e. The maximum absolute atomic E-state index is 12.6. The summed E-state index contributed by atoms with van der Waals surface area (Å²) in [5.74, 6) is 0. The topological polar surface area (TPSA) is 38.9 Å². The molecule has 0 radical (unpaired) electrons. The van der Waals surface area contributed by atoms with Gasteiger partial charge in [-0.2, -0.15) is 13.2 Å². The Morgan fingerprint density at radius 3 is 2.60 bits per heavy atom. The van der Waals surface area contributed by atoms with E-state index >= 15 is 0 Å². The fourth-order valence-corrected chi connectivity index (χ4v) is 2.64. The Morgan fingerprint density at radius 2 is 2.00 bits per heavy atom. The number of nitrogen functional groups attached to an aromatic ring is 1. The van der Waals surface area contributed by atoms with E-state index in [1.165, 1.54) is 0 Å². The van der Waals surface area contributed by atoms with Gasteiger partial charge in [0, 0.05) is 4.47 Å². The highest BCUT2D eigenvalue weighted by atomic mass is 79.9. The number of anilines is 1. The molecule has 1 aromatic heterocycles. The first-order valence-corrected chi connectivity index (χ1v) is 5.41. The zero-order valence-corrected chi connectivity index (χ0v) is 9.50. The summed E-state index contributed by atoms with van der Waals surface area (Å²) in [6.45, 7) is 0. The highest BCUT2D eigenvalue weighted by Crippen LogP contribution is 2.38. The highest BCUT2D eigenvalue weighted by molar-refractivity contribution is 9.10. The Morgan fingerprint density at radius 1 is 1.33 bits per heavy atom. The lowest BCUT2D eigenvalue weighted by molar-refractivity contribution is -0.136. The Bertz CT molecular complexity index is 520. The number of halogens is 4. The van der Waals surface area contributed by atoms with E-state index < -0.39 is 11.7 Å². The summed E-state index contributed by atoms with van der Waals surface area (Å²) in [7, 11) is 0. The number of aromatic nitrogens is 1. The van der Waals surface area contributed by atoms with E-state index in [1.54, 1.807) is 6.07 Å². The number of fused-ring (bicyclic) bond motifs is 1. The lowest BCUT2D eigenvalue weighted by atomic mass is 10.2. The number of benzene rings is 1. The molecule has 0 unspecified atom stereocenters. The molecule has 0 aliphatic heterocycles. The summed E-state index contributed by atoms with van der Waals surface area (Å²) >= 11 is 4.06. The molecule has 0 aliphatic rings. The van der Waals surface area contributed by atoms with E-state index in [1.807, 2.05) is 0 Å². The number of alkyl halides is 3. The van der Waals surface area contributed by atoms with Gasteiger partial charge in [0.05, 0.1) is 15.8 Å². The maximum Gasteiger partial charge on any atom is 0.418 e. The van der Waals surface area contributed by atoms with Crippen LogP contribution in [0.15, 0.2) is 16.6 Å². The third kappa shape index (κ3) is 1.93. The molecule has 2 nitrogen and oxygen atoms in total. The van der Waals surface area contributed by atoms with Crippen LogP contribution in [0, 0.1) is 0 Å². The van der Waals surface area contributed by atoms with Gasteiger partial charge in [0.15, 0.2) is 5.13 Å². The first-order chi connectivity index (χ1) is 6.88. The van der Waals surface area contributed by atoms with Crippen molar-refractivity contribution in [2.24, 2.45) is 0 Å². The molecule has 2 aromatic rings. The normalized spacial score (nSPS) is 12.3. The molecule has 0 bridgehead atoms. The summed E-state index contributed by atoms with van der Waals surface area (Å²) in [4.78, 5) is 3.68. The molecule has 0 amide bonds. The zero-order chi connectivity index (χ0) is 11.2. The van der Waals surface area contributed by atoms with Crippen LogP contribution in [0.5, 0.6) is 0 Å². The van der Waals surface area contributed by atoms with Gasteiger partial charge in [-0.05, 0) is 12.1 Å². The van der Waals surface area contributed by atoms with E-state index in [-0.39, 0.29) is 10.6 Å². The van der Waals surface area contributed by atoms with E-state index in [4.69, 9.17) is 5.73 Å². The molecule has 15 heavy (non-hydrogen) atoms. The molecular formula is C8H4BrF3N2S. The van der Waals surface area contributed by atoms with Crippen LogP contribution in [0.2, 0.25) is 0 Å². The minimum Gasteiger partial charge on any atom is -0.375 e. The van der Waals surface area contributed by atoms with Crippen LogP contribution < -0.4 is 5.73 Å². The predicted molar refractivity (Wildman–Crippen MR) is 56.7 cm³/mol. The van der Waals surface area contributed by atoms with Crippen molar-refractivity contribution in [2.75, 3.05) is 5.73 Å². The van der Waals surface area contributed by atoms with Crippen molar-refractivity contribution in [3.63, 3.8) is 0 Å². The second-order valence-corrected chi connectivity index (χ2v) is 4.83. The van der Waals surface area contributed by atoms with Gasteiger partial charge in [-0.3, -0.25) is 0 Å². The van der Waals surface area contributed by atoms with Crippen molar-refractivity contribution in [1.82, 2.24) is 4.98 Å². The Kier molecular flexibility index (Phi) is 2.38. The largest absolute Gasteiger partial charge is 0.418 e. The number of nitrogens with two attached hydrogens (primary N) is 1. The number of hydrogen-bond acceptors (Lipinski definition) is 3. The molecule has 2 rings (SSSR count). The molecular weight excluding hydrogens is 293 g/mol. The van der Waals surface area contributed by atoms with Gasteiger partial charge < -0.3 is 5.73 Å². The van der Waals surface area contributed by atoms with Gasteiger partial charge >= 0.3 is 6.18 Å². The lowest BCUT2D eigenvalue weighted by Crippen LogP contribution is -2.05. The van der Waals surface area contributed by atoms with Crippen molar-refractivity contribution < 1.29 is 13.2 Å². The van der Waals surface area contributed by atoms with Crippen molar-refractivity contribution in [3.8, 4) is 0 Å². The number of rotatable bonds is 0. The first kappa shape index (κ1) is 10.7. The van der Waals surface area contributed by atoms with Crippen LogP contribution in [-0.4, -0.2) is 4.98 Å². The summed E-state index contributed by atoms with van der Waals surface area (Å²) in [6.07, 6.45) is -4.41. The maximum atomic E-state index is 12.6. The Balaban J connectivity index is 2.82. The standard InChI is InChI=1S/C8H4BrF3N2S/c9-3-1-4(8(10,11)12)6-5(2-3)15-7(13)14-6/h1-2H,(H2,13,14). The molecule has 1 aromatic carbocycles. The third-order valence-electron chi connectivity index (χ3n) is 1.78. The van der Waals surface area contributed by atoms with Crippen LogP contribution in [0.3, 0.4) is 0 Å². The van der Waals surface area contributed by atoms with Crippen molar-refractivity contribution in [3.05, 3.63) is 22.2 Å². The molecule has 1 heterocycles. The predicted octanol–water partition coefficient (Wildman–Crippen LogP) is 3.66. The minimum atomic E-state index is -4.41. The van der Waals surface area contributed by atoms with E-state index in [0.29, 0.717) is 9.17 Å². The number of thiazole rings is 1. The van der Waals surface area contributed by atoms with Crippen LogP contribution in [-0.2, 0) is 6.18 Å². The molecule has 80 valence electrons. The molecule has 0 spiro atoms. The van der Waals surface area contributed by atoms with Crippen molar-refractivity contribution in [2.45, 2.75) is 6.18 Å². The van der Waals surface area contributed by atoms with Crippen molar-refractivity contribution in [1.29, 1.82) is 0 Å². The third-order valence-corrected chi connectivity index (χ3v) is 3.07. The van der Waals surface area contributed by atoms with E-state index in [9.17, 15) is 13.2 Å². The van der Waals surface area contributed by atoms with Crippen LogP contribution in [0.25, 0.3) is 10.2 Å². The number of nitrogens with zero attached hydrogens (tertiary/aromatic N) is 1. The quantitative estimate of drug-likeness (QED) is 0.806. The Hall–Kier alpha value is -0.820. The summed E-state index contributed by atoms with van der Waals surface area (Å²) in [5, 5.41) is 0.133.